The maximum Gasteiger partial charge on any atom is 0.263 e. The lowest BCUT2D eigenvalue weighted by atomic mass is 10.1. The van der Waals surface area contributed by atoms with Crippen molar-refractivity contribution in [1.29, 1.82) is 0 Å². The molecule has 2 N–H and O–H groups in total. The quantitative estimate of drug-likeness (QED) is 0.717. The Bertz CT molecular complexity index is 1050. The Hall–Kier alpha value is -3.67. The van der Waals surface area contributed by atoms with Crippen LogP contribution in [0.3, 0.4) is 0 Å². The van der Waals surface area contributed by atoms with E-state index < -0.39 is 5.91 Å². The second kappa shape index (κ2) is 8.35. The van der Waals surface area contributed by atoms with E-state index in [1.54, 1.807) is 36.5 Å². The summed E-state index contributed by atoms with van der Waals surface area (Å²) in [5, 5.41) is 5.37. The number of hydrogen-bond acceptors (Lipinski definition) is 3. The van der Waals surface area contributed by atoms with Crippen molar-refractivity contribution in [3.63, 3.8) is 0 Å². The van der Waals surface area contributed by atoms with Crippen molar-refractivity contribution in [3.05, 3.63) is 93.9 Å². The topological polar surface area (TPSA) is 80.2 Å². The van der Waals surface area contributed by atoms with E-state index in [-0.39, 0.29) is 17.0 Å². The first-order valence-electron chi connectivity index (χ1n) is 8.86. The van der Waals surface area contributed by atoms with Gasteiger partial charge in [0.25, 0.3) is 11.5 Å². The van der Waals surface area contributed by atoms with Gasteiger partial charge in [0, 0.05) is 24.5 Å². The molecule has 6 nitrogen and oxygen atoms in total. The molecule has 0 bridgehead atoms. The van der Waals surface area contributed by atoms with E-state index >= 15 is 0 Å². The third kappa shape index (κ3) is 4.73. The molecule has 1 aromatic heterocycles. The van der Waals surface area contributed by atoms with Gasteiger partial charge in [-0.25, -0.2) is 0 Å². The SMILES string of the molecule is CC(=O)Nc1ccc(NC(=O)c2cccn(Cc3ccc(C)cc3)c2=O)cc1. The van der Waals surface area contributed by atoms with Gasteiger partial charge in [0.1, 0.15) is 5.56 Å². The summed E-state index contributed by atoms with van der Waals surface area (Å²) >= 11 is 0. The van der Waals surface area contributed by atoms with Crippen molar-refractivity contribution < 1.29 is 9.59 Å². The summed E-state index contributed by atoms with van der Waals surface area (Å²) in [6.07, 6.45) is 1.67. The van der Waals surface area contributed by atoms with E-state index in [0.29, 0.717) is 17.9 Å². The number of nitrogens with zero attached hydrogens (tertiary/aromatic N) is 1. The van der Waals surface area contributed by atoms with Gasteiger partial charge in [0.2, 0.25) is 5.91 Å². The lowest BCUT2D eigenvalue weighted by Gasteiger charge is -2.10. The third-order valence-electron chi connectivity index (χ3n) is 4.20. The van der Waals surface area contributed by atoms with E-state index in [1.165, 1.54) is 17.6 Å². The molecule has 0 fully saturated rings. The van der Waals surface area contributed by atoms with Gasteiger partial charge in [-0.3, -0.25) is 14.4 Å². The Balaban J connectivity index is 1.76. The summed E-state index contributed by atoms with van der Waals surface area (Å²) < 4.78 is 1.51. The van der Waals surface area contributed by atoms with Crippen molar-refractivity contribution in [2.75, 3.05) is 10.6 Å². The highest BCUT2D eigenvalue weighted by molar-refractivity contribution is 6.04. The zero-order chi connectivity index (χ0) is 20.1. The minimum Gasteiger partial charge on any atom is -0.326 e. The molecule has 2 aromatic carbocycles. The number of carbonyl (C=O) groups is 2. The smallest absolute Gasteiger partial charge is 0.263 e. The Labute approximate surface area is 162 Å². The van der Waals surface area contributed by atoms with Gasteiger partial charge in [-0.15, -0.1) is 0 Å². The highest BCUT2D eigenvalue weighted by Crippen LogP contribution is 2.14. The predicted molar refractivity (Wildman–Crippen MR) is 110 cm³/mol. The van der Waals surface area contributed by atoms with Crippen LogP contribution in [0.4, 0.5) is 11.4 Å². The zero-order valence-electron chi connectivity index (χ0n) is 15.7. The fraction of sp³-hybridized carbons (Fsp3) is 0.136. The van der Waals surface area contributed by atoms with E-state index in [0.717, 1.165) is 11.1 Å². The number of hydrogen-bond donors (Lipinski definition) is 2. The molecule has 0 aliphatic carbocycles. The highest BCUT2D eigenvalue weighted by Gasteiger charge is 2.13. The summed E-state index contributed by atoms with van der Waals surface area (Å²) in [6, 6.07) is 17.8. The van der Waals surface area contributed by atoms with Crippen LogP contribution in [0, 0.1) is 6.92 Å². The van der Waals surface area contributed by atoms with Crippen LogP contribution in [-0.2, 0) is 11.3 Å². The molecule has 3 aromatic rings. The van der Waals surface area contributed by atoms with E-state index in [4.69, 9.17) is 0 Å². The molecule has 0 unspecified atom stereocenters. The molecule has 3 rings (SSSR count). The van der Waals surface area contributed by atoms with Crippen molar-refractivity contribution in [1.82, 2.24) is 4.57 Å². The first kappa shape index (κ1) is 19.1. The molecule has 0 aliphatic rings. The molecule has 28 heavy (non-hydrogen) atoms. The molecular weight excluding hydrogens is 354 g/mol. The van der Waals surface area contributed by atoms with E-state index in [9.17, 15) is 14.4 Å². The highest BCUT2D eigenvalue weighted by atomic mass is 16.2. The normalized spacial score (nSPS) is 10.4. The number of nitrogens with one attached hydrogen (secondary N) is 2. The van der Waals surface area contributed by atoms with Crippen molar-refractivity contribution >= 4 is 23.2 Å². The van der Waals surface area contributed by atoms with Crippen molar-refractivity contribution in [3.8, 4) is 0 Å². The van der Waals surface area contributed by atoms with E-state index in [1.807, 2.05) is 31.2 Å². The Kier molecular flexibility index (Phi) is 5.69. The second-order valence-electron chi connectivity index (χ2n) is 6.55. The predicted octanol–water partition coefficient (Wildman–Crippen LogP) is 3.42. The number of pyridine rings is 1. The number of rotatable bonds is 5. The first-order valence-corrected chi connectivity index (χ1v) is 8.86. The minimum atomic E-state index is -0.476. The number of benzene rings is 2. The average molecular weight is 375 g/mol. The summed E-state index contributed by atoms with van der Waals surface area (Å²) in [7, 11) is 0. The van der Waals surface area contributed by atoms with E-state index in [2.05, 4.69) is 10.6 Å². The molecule has 0 radical (unpaired) electrons. The van der Waals surface area contributed by atoms with Crippen LogP contribution in [0.2, 0.25) is 0 Å². The molecule has 0 saturated heterocycles. The van der Waals surface area contributed by atoms with Crippen LogP contribution in [0.15, 0.2) is 71.7 Å². The van der Waals surface area contributed by atoms with Gasteiger partial charge in [-0.1, -0.05) is 29.8 Å². The van der Waals surface area contributed by atoms with Gasteiger partial charge in [-0.2, -0.15) is 0 Å². The molecule has 1 heterocycles. The molecular formula is C22H21N3O3. The summed E-state index contributed by atoms with van der Waals surface area (Å²) in [6.45, 7) is 3.82. The van der Waals surface area contributed by atoms with Gasteiger partial charge >= 0.3 is 0 Å². The molecule has 0 atom stereocenters. The van der Waals surface area contributed by atoms with Crippen molar-refractivity contribution in [2.45, 2.75) is 20.4 Å². The van der Waals surface area contributed by atoms with Crippen LogP contribution in [0.25, 0.3) is 0 Å². The number of anilines is 2. The maximum atomic E-state index is 12.7. The molecule has 142 valence electrons. The summed E-state index contributed by atoms with van der Waals surface area (Å²) in [5.74, 6) is -0.647. The Morgan fingerprint density at radius 3 is 2.11 bits per heavy atom. The molecule has 0 spiro atoms. The van der Waals surface area contributed by atoms with Crippen LogP contribution < -0.4 is 16.2 Å². The average Bonchev–Trinajstić information content (AvgIpc) is 2.66. The van der Waals surface area contributed by atoms with Crippen molar-refractivity contribution in [2.24, 2.45) is 0 Å². The fourth-order valence-corrected chi connectivity index (χ4v) is 2.76. The Morgan fingerprint density at radius 1 is 0.893 bits per heavy atom. The molecule has 0 aliphatic heterocycles. The first-order chi connectivity index (χ1) is 13.4. The van der Waals surface area contributed by atoms with Crippen LogP contribution in [0.1, 0.15) is 28.4 Å². The molecule has 2 amide bonds. The maximum absolute atomic E-state index is 12.7. The number of carbonyl (C=O) groups excluding carboxylic acids is 2. The van der Waals surface area contributed by atoms with Crippen LogP contribution >= 0.6 is 0 Å². The lowest BCUT2D eigenvalue weighted by molar-refractivity contribution is -0.114. The second-order valence-corrected chi connectivity index (χ2v) is 6.55. The minimum absolute atomic E-state index is 0.0700. The Morgan fingerprint density at radius 2 is 1.50 bits per heavy atom. The lowest BCUT2D eigenvalue weighted by Crippen LogP contribution is -2.29. The number of amides is 2. The fourth-order valence-electron chi connectivity index (χ4n) is 2.76. The standard InChI is InChI=1S/C22H21N3O3/c1-15-5-7-17(8-6-15)14-25-13-3-4-20(22(25)28)21(27)24-19-11-9-18(10-12-19)23-16(2)26/h3-13H,14H2,1-2H3,(H,23,26)(H,24,27). The zero-order valence-corrected chi connectivity index (χ0v) is 15.7. The number of aromatic nitrogens is 1. The van der Waals surface area contributed by atoms with Crippen LogP contribution in [0.5, 0.6) is 0 Å². The number of aryl methyl sites for hydroxylation is 1. The van der Waals surface area contributed by atoms with Gasteiger partial charge in [-0.05, 0) is 48.9 Å². The summed E-state index contributed by atoms with van der Waals surface area (Å²) in [4.78, 5) is 36.3. The monoisotopic (exact) mass is 375 g/mol. The van der Waals surface area contributed by atoms with Gasteiger partial charge in [0.05, 0.1) is 6.54 Å². The van der Waals surface area contributed by atoms with Gasteiger partial charge < -0.3 is 15.2 Å². The molecule has 0 saturated carbocycles. The largest absolute Gasteiger partial charge is 0.326 e. The molecule has 6 heteroatoms. The summed E-state index contributed by atoms with van der Waals surface area (Å²) in [5.41, 5.74) is 3.02. The van der Waals surface area contributed by atoms with Gasteiger partial charge in [0.15, 0.2) is 0 Å². The third-order valence-corrected chi connectivity index (χ3v) is 4.20. The van der Waals surface area contributed by atoms with Crippen LogP contribution in [-0.4, -0.2) is 16.4 Å².